The Morgan fingerprint density at radius 1 is 1.82 bits per heavy atom. The summed E-state index contributed by atoms with van der Waals surface area (Å²) in [5, 5.41) is 0. The molecule has 3 unspecified atom stereocenters. The Labute approximate surface area is 68.2 Å². The maximum atomic E-state index is 10.1. The zero-order valence-corrected chi connectivity index (χ0v) is 7.34. The first kappa shape index (κ1) is 8.72. The van der Waals surface area contributed by atoms with Gasteiger partial charge >= 0.3 is 0 Å². The van der Waals surface area contributed by atoms with E-state index >= 15 is 0 Å². The quantitative estimate of drug-likeness (QED) is 0.622. The van der Waals surface area contributed by atoms with Crippen molar-refractivity contribution in [3.63, 3.8) is 0 Å². The van der Waals surface area contributed by atoms with Crippen LogP contribution in [-0.2, 0) is 4.79 Å². The van der Waals surface area contributed by atoms with Gasteiger partial charge in [-0.3, -0.25) is 0 Å². The fourth-order valence-corrected chi connectivity index (χ4v) is 1.69. The fourth-order valence-electron chi connectivity index (χ4n) is 1.69. The Morgan fingerprint density at radius 2 is 2.36 bits per heavy atom. The Hall–Kier alpha value is -0.370. The SMILES string of the molecule is CC1CC1(C)C(N)CCC=O. The second kappa shape index (κ2) is 2.94. The Balaban J connectivity index is 2.30. The average Bonchev–Trinajstić information content (AvgIpc) is 2.56. The van der Waals surface area contributed by atoms with Crippen LogP contribution in [0.3, 0.4) is 0 Å². The van der Waals surface area contributed by atoms with Gasteiger partial charge < -0.3 is 10.5 Å². The molecule has 0 aliphatic heterocycles. The molecule has 1 rings (SSSR count). The third kappa shape index (κ3) is 1.62. The van der Waals surface area contributed by atoms with E-state index in [0.717, 1.165) is 18.6 Å². The molecule has 11 heavy (non-hydrogen) atoms. The molecule has 0 amide bonds. The van der Waals surface area contributed by atoms with Crippen molar-refractivity contribution in [1.29, 1.82) is 0 Å². The molecule has 0 aromatic heterocycles. The van der Waals surface area contributed by atoms with Crippen molar-refractivity contribution in [3.05, 3.63) is 0 Å². The summed E-state index contributed by atoms with van der Waals surface area (Å²) in [5.74, 6) is 0.754. The smallest absolute Gasteiger partial charge is 0.120 e. The van der Waals surface area contributed by atoms with Crippen LogP contribution in [-0.4, -0.2) is 12.3 Å². The maximum Gasteiger partial charge on any atom is 0.120 e. The van der Waals surface area contributed by atoms with Crippen LogP contribution in [0.25, 0.3) is 0 Å². The van der Waals surface area contributed by atoms with Crippen LogP contribution in [0.5, 0.6) is 0 Å². The molecule has 2 nitrogen and oxygen atoms in total. The third-order valence-corrected chi connectivity index (χ3v) is 3.15. The molecule has 0 aromatic rings. The molecule has 1 saturated carbocycles. The topological polar surface area (TPSA) is 43.1 Å². The summed E-state index contributed by atoms with van der Waals surface area (Å²) < 4.78 is 0. The van der Waals surface area contributed by atoms with E-state index in [1.165, 1.54) is 6.42 Å². The van der Waals surface area contributed by atoms with Gasteiger partial charge in [0.15, 0.2) is 0 Å². The Bertz CT molecular complexity index is 158. The highest BCUT2D eigenvalue weighted by atomic mass is 16.1. The monoisotopic (exact) mass is 155 g/mol. The van der Waals surface area contributed by atoms with Gasteiger partial charge in [0.05, 0.1) is 0 Å². The summed E-state index contributed by atoms with van der Waals surface area (Å²) in [6.07, 6.45) is 3.65. The summed E-state index contributed by atoms with van der Waals surface area (Å²) in [6, 6.07) is 0.225. The highest BCUT2D eigenvalue weighted by Gasteiger charge is 2.50. The molecule has 1 fully saturated rings. The van der Waals surface area contributed by atoms with E-state index in [1.807, 2.05) is 0 Å². The second-order valence-electron chi connectivity index (χ2n) is 3.96. The summed E-state index contributed by atoms with van der Waals surface area (Å²) in [5.41, 5.74) is 6.27. The lowest BCUT2D eigenvalue weighted by atomic mass is 9.93. The maximum absolute atomic E-state index is 10.1. The van der Waals surface area contributed by atoms with Crippen LogP contribution in [0.2, 0.25) is 0 Å². The van der Waals surface area contributed by atoms with Gasteiger partial charge in [-0.1, -0.05) is 13.8 Å². The first-order valence-electron chi connectivity index (χ1n) is 4.30. The molecule has 1 aliphatic rings. The van der Waals surface area contributed by atoms with Crippen LogP contribution in [0, 0.1) is 11.3 Å². The van der Waals surface area contributed by atoms with Gasteiger partial charge in [0, 0.05) is 12.5 Å². The zero-order valence-electron chi connectivity index (χ0n) is 7.34. The summed E-state index contributed by atoms with van der Waals surface area (Å²) >= 11 is 0. The standard InChI is InChI=1S/C9H17NO/c1-7-6-9(7,2)8(10)4-3-5-11/h5,7-8H,3-4,6,10H2,1-2H3. The normalized spacial score (nSPS) is 38.3. The predicted octanol–water partition coefficient (Wildman–Crippen LogP) is 1.34. The van der Waals surface area contributed by atoms with Gasteiger partial charge in [-0.05, 0) is 24.2 Å². The largest absolute Gasteiger partial charge is 0.327 e. The number of rotatable bonds is 4. The van der Waals surface area contributed by atoms with E-state index in [-0.39, 0.29) is 6.04 Å². The van der Waals surface area contributed by atoms with Crippen LogP contribution in [0.15, 0.2) is 0 Å². The van der Waals surface area contributed by atoms with Crippen molar-refractivity contribution >= 4 is 6.29 Å². The van der Waals surface area contributed by atoms with Gasteiger partial charge in [-0.15, -0.1) is 0 Å². The number of hydrogen-bond donors (Lipinski definition) is 1. The molecule has 0 heterocycles. The van der Waals surface area contributed by atoms with E-state index in [1.54, 1.807) is 0 Å². The predicted molar refractivity (Wildman–Crippen MR) is 45.2 cm³/mol. The molecular formula is C9H17NO. The number of nitrogens with two attached hydrogens (primary N) is 1. The number of aldehydes is 1. The minimum atomic E-state index is 0.225. The van der Waals surface area contributed by atoms with Crippen LogP contribution in [0.1, 0.15) is 33.1 Å². The first-order valence-corrected chi connectivity index (χ1v) is 4.30. The third-order valence-electron chi connectivity index (χ3n) is 3.15. The van der Waals surface area contributed by atoms with Gasteiger partial charge in [0.25, 0.3) is 0 Å². The zero-order chi connectivity index (χ0) is 8.48. The van der Waals surface area contributed by atoms with E-state index in [0.29, 0.717) is 11.8 Å². The summed E-state index contributed by atoms with van der Waals surface area (Å²) in [4.78, 5) is 10.1. The van der Waals surface area contributed by atoms with Crippen molar-refractivity contribution in [2.75, 3.05) is 0 Å². The molecule has 0 aromatic carbocycles. The average molecular weight is 155 g/mol. The molecule has 1 aliphatic carbocycles. The number of carbonyl (C=O) groups excluding carboxylic acids is 1. The molecular weight excluding hydrogens is 138 g/mol. The van der Waals surface area contributed by atoms with Gasteiger partial charge in [-0.25, -0.2) is 0 Å². The lowest BCUT2D eigenvalue weighted by Crippen LogP contribution is -2.30. The van der Waals surface area contributed by atoms with Crippen LogP contribution in [0.4, 0.5) is 0 Å². The van der Waals surface area contributed by atoms with Crippen molar-refractivity contribution in [2.45, 2.75) is 39.2 Å². The van der Waals surface area contributed by atoms with Crippen molar-refractivity contribution in [1.82, 2.24) is 0 Å². The van der Waals surface area contributed by atoms with E-state index in [9.17, 15) is 4.79 Å². The number of carbonyl (C=O) groups is 1. The van der Waals surface area contributed by atoms with Crippen molar-refractivity contribution in [2.24, 2.45) is 17.1 Å². The highest BCUT2D eigenvalue weighted by molar-refractivity contribution is 5.49. The van der Waals surface area contributed by atoms with Crippen LogP contribution < -0.4 is 5.73 Å². The summed E-state index contributed by atoms with van der Waals surface area (Å²) in [6.45, 7) is 4.44. The van der Waals surface area contributed by atoms with Crippen molar-refractivity contribution < 1.29 is 4.79 Å². The van der Waals surface area contributed by atoms with Crippen LogP contribution >= 0.6 is 0 Å². The lowest BCUT2D eigenvalue weighted by Gasteiger charge is -2.18. The molecule has 0 radical (unpaired) electrons. The number of hydrogen-bond acceptors (Lipinski definition) is 2. The summed E-state index contributed by atoms with van der Waals surface area (Å²) in [7, 11) is 0. The first-order chi connectivity index (χ1) is 5.11. The van der Waals surface area contributed by atoms with Crippen molar-refractivity contribution in [3.8, 4) is 0 Å². The molecule has 3 atom stereocenters. The van der Waals surface area contributed by atoms with Gasteiger partial charge in [0.1, 0.15) is 6.29 Å². The van der Waals surface area contributed by atoms with Gasteiger partial charge in [0.2, 0.25) is 0 Å². The van der Waals surface area contributed by atoms with E-state index in [2.05, 4.69) is 13.8 Å². The lowest BCUT2D eigenvalue weighted by molar-refractivity contribution is -0.108. The minimum absolute atomic E-state index is 0.225. The molecule has 2 N–H and O–H groups in total. The van der Waals surface area contributed by atoms with E-state index in [4.69, 9.17) is 5.73 Å². The molecule has 64 valence electrons. The van der Waals surface area contributed by atoms with E-state index < -0.39 is 0 Å². The van der Waals surface area contributed by atoms with Gasteiger partial charge in [-0.2, -0.15) is 0 Å². The minimum Gasteiger partial charge on any atom is -0.327 e. The molecule has 0 saturated heterocycles. The second-order valence-corrected chi connectivity index (χ2v) is 3.96. The fraction of sp³-hybridized carbons (Fsp3) is 0.889. The Morgan fingerprint density at radius 3 is 2.73 bits per heavy atom. The highest BCUT2D eigenvalue weighted by Crippen LogP contribution is 2.54. The molecule has 0 spiro atoms. The molecule has 0 bridgehead atoms. The Kier molecular flexibility index (Phi) is 2.33. The molecule has 2 heteroatoms.